The van der Waals surface area contributed by atoms with Gasteiger partial charge in [0, 0.05) is 5.69 Å². The van der Waals surface area contributed by atoms with E-state index in [0.717, 1.165) is 5.69 Å². The smallest absolute Gasteiger partial charge is 0.327 e. The quantitative estimate of drug-likeness (QED) is 0.830. The molecule has 0 aliphatic heterocycles. The van der Waals surface area contributed by atoms with Crippen molar-refractivity contribution < 1.29 is 9.53 Å². The molecule has 4 heteroatoms. The molecule has 0 aliphatic carbocycles. The zero-order valence-corrected chi connectivity index (χ0v) is 10.9. The fraction of sp³-hybridized carbons (Fsp3) is 0.417. The minimum absolute atomic E-state index is 0. The summed E-state index contributed by atoms with van der Waals surface area (Å²) in [7, 11) is 1.39. The molecule has 0 radical (unpaired) electrons. The first kappa shape index (κ1) is 14.8. The van der Waals surface area contributed by atoms with Crippen LogP contribution in [0.5, 0.6) is 0 Å². The van der Waals surface area contributed by atoms with E-state index in [1.165, 1.54) is 18.2 Å². The number of nitrogens with one attached hydrogen (secondary N) is 1. The lowest BCUT2D eigenvalue weighted by Crippen LogP contribution is -2.27. The van der Waals surface area contributed by atoms with Crippen LogP contribution in [-0.2, 0) is 9.53 Å². The third-order valence-corrected chi connectivity index (χ3v) is 2.44. The van der Waals surface area contributed by atoms with E-state index in [1.54, 1.807) is 6.92 Å². The summed E-state index contributed by atoms with van der Waals surface area (Å²) in [6.07, 6.45) is 0. The van der Waals surface area contributed by atoms with Gasteiger partial charge in [-0.15, -0.1) is 12.4 Å². The summed E-state index contributed by atoms with van der Waals surface area (Å²) >= 11 is 0. The number of carbonyl (C=O) groups excluding carboxylic acids is 1. The molecule has 0 bridgehead atoms. The van der Waals surface area contributed by atoms with Gasteiger partial charge in [0.25, 0.3) is 0 Å². The molecule has 0 saturated heterocycles. The Bertz CT molecular complexity index is 366. The van der Waals surface area contributed by atoms with Gasteiger partial charge in [-0.2, -0.15) is 0 Å². The van der Waals surface area contributed by atoms with Crippen LogP contribution >= 0.6 is 12.4 Å². The molecule has 0 aliphatic rings. The zero-order chi connectivity index (χ0) is 11.4. The van der Waals surface area contributed by atoms with Crippen molar-refractivity contribution in [3.63, 3.8) is 0 Å². The maximum atomic E-state index is 11.2. The molecular weight excluding hydrogens is 226 g/mol. The molecule has 3 nitrogen and oxygen atoms in total. The van der Waals surface area contributed by atoms with Crippen molar-refractivity contribution >= 4 is 24.1 Å². The minimum atomic E-state index is -0.322. The summed E-state index contributed by atoms with van der Waals surface area (Å²) in [6.45, 7) is 5.88. The van der Waals surface area contributed by atoms with Crippen molar-refractivity contribution in [2.75, 3.05) is 12.4 Å². The summed E-state index contributed by atoms with van der Waals surface area (Å²) < 4.78 is 4.64. The molecule has 0 spiro atoms. The Balaban J connectivity index is 0.00000225. The van der Waals surface area contributed by atoms with E-state index >= 15 is 0 Å². The molecule has 1 N–H and O–H groups in total. The van der Waals surface area contributed by atoms with Crippen molar-refractivity contribution in [1.82, 2.24) is 0 Å². The van der Waals surface area contributed by atoms with Gasteiger partial charge in [-0.1, -0.05) is 6.07 Å². The molecule has 1 aromatic carbocycles. The Kier molecular flexibility index (Phi) is 5.89. The fourth-order valence-corrected chi connectivity index (χ4v) is 1.32. The Morgan fingerprint density at radius 3 is 2.44 bits per heavy atom. The van der Waals surface area contributed by atoms with Gasteiger partial charge in [0.05, 0.1) is 7.11 Å². The highest BCUT2D eigenvalue weighted by molar-refractivity contribution is 5.85. The molecular formula is C12H18ClNO2. The van der Waals surface area contributed by atoms with Gasteiger partial charge < -0.3 is 10.1 Å². The average Bonchev–Trinajstić information content (AvgIpc) is 2.22. The van der Waals surface area contributed by atoms with E-state index < -0.39 is 0 Å². The zero-order valence-electron chi connectivity index (χ0n) is 10.0. The average molecular weight is 244 g/mol. The van der Waals surface area contributed by atoms with Crippen LogP contribution in [0.15, 0.2) is 18.2 Å². The maximum absolute atomic E-state index is 11.2. The number of benzene rings is 1. The second kappa shape index (κ2) is 6.38. The molecule has 0 heterocycles. The van der Waals surface area contributed by atoms with E-state index in [2.05, 4.69) is 17.0 Å². The van der Waals surface area contributed by atoms with Gasteiger partial charge in [-0.3, -0.25) is 0 Å². The van der Waals surface area contributed by atoms with Crippen molar-refractivity contribution in [3.05, 3.63) is 29.3 Å². The van der Waals surface area contributed by atoms with Crippen molar-refractivity contribution in [3.8, 4) is 0 Å². The minimum Gasteiger partial charge on any atom is -0.467 e. The van der Waals surface area contributed by atoms with Crippen LogP contribution in [0.25, 0.3) is 0 Å². The second-order valence-electron chi connectivity index (χ2n) is 3.69. The number of methoxy groups -OCH3 is 1. The van der Waals surface area contributed by atoms with Gasteiger partial charge in [-0.05, 0) is 44.0 Å². The van der Waals surface area contributed by atoms with E-state index in [4.69, 9.17) is 0 Å². The predicted molar refractivity (Wildman–Crippen MR) is 68.3 cm³/mol. The third kappa shape index (κ3) is 3.74. The lowest BCUT2D eigenvalue weighted by Gasteiger charge is -2.13. The van der Waals surface area contributed by atoms with Crippen molar-refractivity contribution in [2.45, 2.75) is 26.8 Å². The van der Waals surface area contributed by atoms with Crippen LogP contribution in [-0.4, -0.2) is 19.1 Å². The molecule has 0 aromatic heterocycles. The predicted octanol–water partition coefficient (Wildman–Crippen LogP) is 2.70. The number of rotatable bonds is 3. The van der Waals surface area contributed by atoms with E-state index in [9.17, 15) is 4.79 Å². The number of esters is 1. The fourth-order valence-electron chi connectivity index (χ4n) is 1.32. The molecule has 1 rings (SSSR count). The van der Waals surface area contributed by atoms with E-state index in [1.807, 2.05) is 25.1 Å². The van der Waals surface area contributed by atoms with Gasteiger partial charge in [-0.25, -0.2) is 4.79 Å². The third-order valence-electron chi connectivity index (χ3n) is 2.44. The number of halogens is 1. The molecule has 0 amide bonds. The Morgan fingerprint density at radius 2 is 1.94 bits per heavy atom. The van der Waals surface area contributed by atoms with E-state index in [0.29, 0.717) is 0 Å². The summed E-state index contributed by atoms with van der Waals surface area (Å²) in [5, 5.41) is 3.09. The summed E-state index contributed by atoms with van der Waals surface area (Å²) in [6, 6.07) is 5.69. The summed E-state index contributed by atoms with van der Waals surface area (Å²) in [5.74, 6) is -0.256. The first-order valence-electron chi connectivity index (χ1n) is 4.96. The molecule has 1 atom stereocenters. The highest BCUT2D eigenvalue weighted by Gasteiger charge is 2.12. The molecule has 16 heavy (non-hydrogen) atoms. The van der Waals surface area contributed by atoms with Crippen LogP contribution in [0.4, 0.5) is 5.69 Å². The lowest BCUT2D eigenvalue weighted by molar-refractivity contribution is -0.141. The van der Waals surface area contributed by atoms with Crippen LogP contribution in [0, 0.1) is 13.8 Å². The number of ether oxygens (including phenoxy) is 1. The van der Waals surface area contributed by atoms with Crippen LogP contribution < -0.4 is 5.32 Å². The van der Waals surface area contributed by atoms with Crippen molar-refractivity contribution in [2.24, 2.45) is 0 Å². The highest BCUT2D eigenvalue weighted by Crippen LogP contribution is 2.15. The molecule has 1 aromatic rings. The highest BCUT2D eigenvalue weighted by atomic mass is 35.5. The first-order chi connectivity index (χ1) is 7.04. The monoisotopic (exact) mass is 243 g/mol. The molecule has 0 saturated carbocycles. The van der Waals surface area contributed by atoms with Crippen molar-refractivity contribution in [1.29, 1.82) is 0 Å². The topological polar surface area (TPSA) is 38.3 Å². The van der Waals surface area contributed by atoms with Gasteiger partial charge in [0.2, 0.25) is 0 Å². The number of hydrogen-bond acceptors (Lipinski definition) is 3. The second-order valence-corrected chi connectivity index (χ2v) is 3.69. The van der Waals surface area contributed by atoms with E-state index in [-0.39, 0.29) is 24.4 Å². The number of hydrogen-bond donors (Lipinski definition) is 1. The van der Waals surface area contributed by atoms with Gasteiger partial charge >= 0.3 is 5.97 Å². The van der Waals surface area contributed by atoms with Gasteiger partial charge in [0.1, 0.15) is 6.04 Å². The normalized spacial score (nSPS) is 11.2. The standard InChI is InChI=1S/C12H17NO2.ClH/c1-8-5-6-11(7-9(8)2)13-10(3)12(14)15-4;/h5-7,10,13H,1-4H3;1H/t10-;/m1./s1. The van der Waals surface area contributed by atoms with Crippen LogP contribution in [0.3, 0.4) is 0 Å². The Hall–Kier alpha value is -1.22. The number of anilines is 1. The Labute approximate surface area is 103 Å². The van der Waals surface area contributed by atoms with Crippen LogP contribution in [0.2, 0.25) is 0 Å². The summed E-state index contributed by atoms with van der Waals surface area (Å²) in [5.41, 5.74) is 3.39. The SMILES string of the molecule is COC(=O)[C@@H](C)Nc1ccc(C)c(C)c1.Cl. The maximum Gasteiger partial charge on any atom is 0.327 e. The Morgan fingerprint density at radius 1 is 1.31 bits per heavy atom. The lowest BCUT2D eigenvalue weighted by atomic mass is 10.1. The number of aryl methyl sites for hydroxylation is 2. The largest absolute Gasteiger partial charge is 0.467 e. The number of carbonyl (C=O) groups is 1. The molecule has 0 fully saturated rings. The van der Waals surface area contributed by atoms with Gasteiger partial charge in [0.15, 0.2) is 0 Å². The van der Waals surface area contributed by atoms with Crippen LogP contribution in [0.1, 0.15) is 18.1 Å². The summed E-state index contributed by atoms with van der Waals surface area (Å²) in [4.78, 5) is 11.2. The molecule has 90 valence electrons. The first-order valence-corrected chi connectivity index (χ1v) is 4.96. The molecule has 0 unspecified atom stereocenters.